The first-order valence-corrected chi connectivity index (χ1v) is 7.66. The second kappa shape index (κ2) is 6.79. The highest BCUT2D eigenvalue weighted by molar-refractivity contribution is 7.79. The predicted octanol–water partition coefficient (Wildman–Crippen LogP) is 1.72. The molecule has 7 nitrogen and oxygen atoms in total. The Morgan fingerprint density at radius 2 is 2.38 bits per heavy atom. The van der Waals surface area contributed by atoms with Gasteiger partial charge in [0, 0.05) is 12.1 Å². The summed E-state index contributed by atoms with van der Waals surface area (Å²) < 4.78 is 21.0. The van der Waals surface area contributed by atoms with Crippen molar-refractivity contribution < 1.29 is 13.6 Å². The summed E-state index contributed by atoms with van der Waals surface area (Å²) in [7, 11) is 0. The normalized spacial score (nSPS) is 13.7. The topological polar surface area (TPSA) is 97.1 Å². The molecule has 0 spiro atoms. The van der Waals surface area contributed by atoms with Crippen LogP contribution in [0.15, 0.2) is 30.7 Å². The number of hydrogen-bond acceptors (Lipinski definition) is 4. The maximum atomic E-state index is 11.9. The second-order valence-corrected chi connectivity index (χ2v) is 5.70. The molecule has 2 aromatic heterocycles. The van der Waals surface area contributed by atoms with Gasteiger partial charge >= 0.3 is 0 Å². The summed E-state index contributed by atoms with van der Waals surface area (Å²) in [6, 6.07) is 3.54. The molecule has 0 saturated carbocycles. The number of amides is 1. The predicted molar refractivity (Wildman–Crippen MR) is 79.8 cm³/mol. The van der Waals surface area contributed by atoms with Crippen molar-refractivity contribution in [1.29, 1.82) is 0 Å². The van der Waals surface area contributed by atoms with Crippen molar-refractivity contribution in [2.75, 3.05) is 11.1 Å². The van der Waals surface area contributed by atoms with Crippen LogP contribution in [0.1, 0.15) is 6.92 Å². The quantitative estimate of drug-likeness (QED) is 0.814. The lowest BCUT2D eigenvalue weighted by Crippen LogP contribution is -2.24. The van der Waals surface area contributed by atoms with E-state index in [4.69, 9.17) is 16.2 Å². The number of halogens is 1. The number of aromatic nitrogens is 3. The first-order valence-electron chi connectivity index (χ1n) is 6.01. The highest BCUT2D eigenvalue weighted by atomic mass is 35.5. The Morgan fingerprint density at radius 3 is 3.00 bits per heavy atom. The van der Waals surface area contributed by atoms with E-state index in [-0.39, 0.29) is 10.9 Å². The summed E-state index contributed by atoms with van der Waals surface area (Å²) in [6.07, 6.45) is 4.79. The number of carbonyl (C=O) groups excluding carboxylic acids is 1. The fourth-order valence-electron chi connectivity index (χ4n) is 1.60. The fourth-order valence-corrected chi connectivity index (χ4v) is 2.36. The van der Waals surface area contributed by atoms with Crippen LogP contribution in [-0.2, 0) is 15.9 Å². The molecule has 1 amide bonds. The SMILES string of the molecule is CC(CS(=O)O)C(=O)Nc1cn(-c2cccnc2)nc1Cl. The lowest BCUT2D eigenvalue weighted by atomic mass is 10.2. The highest BCUT2D eigenvalue weighted by Crippen LogP contribution is 2.22. The van der Waals surface area contributed by atoms with Gasteiger partial charge in [-0.15, -0.1) is 0 Å². The molecule has 0 fully saturated rings. The molecule has 2 rings (SSSR count). The van der Waals surface area contributed by atoms with Crippen LogP contribution in [0, 0.1) is 5.92 Å². The van der Waals surface area contributed by atoms with Crippen LogP contribution >= 0.6 is 11.6 Å². The molecule has 0 bridgehead atoms. The fraction of sp³-hybridized carbons (Fsp3) is 0.250. The molecular formula is C12H13ClN4O3S. The molecule has 9 heteroatoms. The Labute approximate surface area is 128 Å². The monoisotopic (exact) mass is 328 g/mol. The van der Waals surface area contributed by atoms with E-state index < -0.39 is 22.9 Å². The zero-order valence-electron chi connectivity index (χ0n) is 11.1. The van der Waals surface area contributed by atoms with E-state index >= 15 is 0 Å². The molecule has 0 radical (unpaired) electrons. The third-order valence-corrected chi connectivity index (χ3v) is 3.74. The molecule has 0 aromatic carbocycles. The Balaban J connectivity index is 2.13. The van der Waals surface area contributed by atoms with E-state index in [1.807, 2.05) is 0 Å². The summed E-state index contributed by atoms with van der Waals surface area (Å²) in [5, 5.41) is 6.79. The smallest absolute Gasteiger partial charge is 0.228 e. The summed E-state index contributed by atoms with van der Waals surface area (Å²) in [4.78, 5) is 15.9. The summed E-state index contributed by atoms with van der Waals surface area (Å²) in [5.41, 5.74) is 1.03. The minimum atomic E-state index is -2.03. The number of rotatable bonds is 5. The number of hydrogen-bond donors (Lipinski definition) is 2. The van der Waals surface area contributed by atoms with E-state index in [1.54, 1.807) is 37.6 Å². The number of nitrogens with zero attached hydrogens (tertiary/aromatic N) is 3. The van der Waals surface area contributed by atoms with Gasteiger partial charge in [0.25, 0.3) is 0 Å². The van der Waals surface area contributed by atoms with Crippen molar-refractivity contribution >= 4 is 34.3 Å². The van der Waals surface area contributed by atoms with E-state index in [0.717, 1.165) is 0 Å². The minimum Gasteiger partial charge on any atom is -0.322 e. The maximum Gasteiger partial charge on any atom is 0.228 e. The molecule has 2 N–H and O–H groups in total. The molecule has 0 aliphatic carbocycles. The van der Waals surface area contributed by atoms with Crippen LogP contribution in [0.3, 0.4) is 0 Å². The Kier molecular flexibility index (Phi) is 5.05. The Morgan fingerprint density at radius 1 is 1.62 bits per heavy atom. The van der Waals surface area contributed by atoms with Gasteiger partial charge in [0.05, 0.1) is 29.5 Å². The minimum absolute atomic E-state index is 0.129. The lowest BCUT2D eigenvalue weighted by Gasteiger charge is -2.08. The number of nitrogens with one attached hydrogen (secondary N) is 1. The van der Waals surface area contributed by atoms with Gasteiger partial charge < -0.3 is 9.87 Å². The molecule has 0 aliphatic heterocycles. The van der Waals surface area contributed by atoms with Gasteiger partial charge in [-0.25, -0.2) is 8.89 Å². The van der Waals surface area contributed by atoms with Gasteiger partial charge in [-0.05, 0) is 12.1 Å². The van der Waals surface area contributed by atoms with Gasteiger partial charge in [0.15, 0.2) is 16.2 Å². The van der Waals surface area contributed by atoms with E-state index in [0.29, 0.717) is 11.4 Å². The molecule has 0 aliphatic rings. The first-order chi connectivity index (χ1) is 9.97. The van der Waals surface area contributed by atoms with Crippen molar-refractivity contribution in [2.45, 2.75) is 6.92 Å². The third kappa shape index (κ3) is 4.10. The molecular weight excluding hydrogens is 316 g/mol. The van der Waals surface area contributed by atoms with Crippen LogP contribution in [0.5, 0.6) is 0 Å². The van der Waals surface area contributed by atoms with E-state index in [2.05, 4.69) is 15.4 Å². The summed E-state index contributed by atoms with van der Waals surface area (Å²) >= 11 is 3.95. The van der Waals surface area contributed by atoms with Crippen LogP contribution in [-0.4, -0.2) is 35.2 Å². The van der Waals surface area contributed by atoms with Crippen LogP contribution in [0.2, 0.25) is 5.15 Å². The van der Waals surface area contributed by atoms with Crippen LogP contribution in [0.4, 0.5) is 5.69 Å². The van der Waals surface area contributed by atoms with Gasteiger partial charge in [0.2, 0.25) is 5.91 Å². The second-order valence-electron chi connectivity index (χ2n) is 4.37. The Hall–Kier alpha value is -1.77. The largest absolute Gasteiger partial charge is 0.322 e. The highest BCUT2D eigenvalue weighted by Gasteiger charge is 2.18. The standard InChI is InChI=1S/C12H13ClN4O3S/c1-8(7-21(19)20)12(18)15-10-6-17(16-11(10)13)9-3-2-4-14-5-9/h2-6,8H,7H2,1H3,(H,15,18)(H,19,20). The maximum absolute atomic E-state index is 11.9. The third-order valence-electron chi connectivity index (χ3n) is 2.68. The summed E-state index contributed by atoms with van der Waals surface area (Å²) in [5.74, 6) is -1.15. The van der Waals surface area contributed by atoms with Crippen molar-refractivity contribution in [1.82, 2.24) is 14.8 Å². The molecule has 2 atom stereocenters. The lowest BCUT2D eigenvalue weighted by molar-refractivity contribution is -0.118. The van der Waals surface area contributed by atoms with Crippen molar-refractivity contribution in [2.24, 2.45) is 5.92 Å². The average Bonchev–Trinajstić information content (AvgIpc) is 2.80. The van der Waals surface area contributed by atoms with E-state index in [9.17, 15) is 9.00 Å². The van der Waals surface area contributed by atoms with Crippen molar-refractivity contribution in [3.05, 3.63) is 35.9 Å². The molecule has 2 heterocycles. The van der Waals surface area contributed by atoms with E-state index in [1.165, 1.54) is 4.68 Å². The summed E-state index contributed by atoms with van der Waals surface area (Å²) in [6.45, 7) is 1.56. The van der Waals surface area contributed by atoms with Crippen LogP contribution in [0.25, 0.3) is 5.69 Å². The number of carbonyl (C=O) groups is 1. The average molecular weight is 329 g/mol. The zero-order valence-corrected chi connectivity index (χ0v) is 12.6. The van der Waals surface area contributed by atoms with Gasteiger partial charge in [-0.1, -0.05) is 18.5 Å². The molecule has 21 heavy (non-hydrogen) atoms. The molecule has 2 unspecified atom stereocenters. The van der Waals surface area contributed by atoms with Crippen molar-refractivity contribution in [3.63, 3.8) is 0 Å². The Bertz CT molecular complexity index is 662. The zero-order chi connectivity index (χ0) is 15.4. The molecule has 2 aromatic rings. The van der Waals surface area contributed by atoms with Crippen LogP contribution < -0.4 is 5.32 Å². The first kappa shape index (κ1) is 15.6. The van der Waals surface area contributed by atoms with Crippen molar-refractivity contribution in [3.8, 4) is 5.69 Å². The van der Waals surface area contributed by atoms with Gasteiger partial charge in [0.1, 0.15) is 0 Å². The molecule has 112 valence electrons. The van der Waals surface area contributed by atoms with Gasteiger partial charge in [-0.3, -0.25) is 9.78 Å². The number of anilines is 1. The molecule has 0 saturated heterocycles. The van der Waals surface area contributed by atoms with Gasteiger partial charge in [-0.2, -0.15) is 5.10 Å². The number of pyridine rings is 1.